The third-order valence-electron chi connectivity index (χ3n) is 4.22. The maximum atomic E-state index is 11.0. The Hall–Kier alpha value is -2.68. The number of nitrogens with one attached hydrogen (secondary N) is 2. The number of non-ortho nitro benzene ring substituents is 1. The molecule has 3 atom stereocenters. The number of benzene rings is 1. The molecule has 1 aliphatic rings. The fraction of sp³-hybridized carbons (Fsp3) is 0.250. The van der Waals surface area contributed by atoms with Gasteiger partial charge in [-0.05, 0) is 64.1 Å². The van der Waals surface area contributed by atoms with E-state index in [0.29, 0.717) is 5.56 Å². The average molecular weight is 535 g/mol. The van der Waals surface area contributed by atoms with Gasteiger partial charge in [0.05, 0.1) is 17.6 Å². The van der Waals surface area contributed by atoms with Gasteiger partial charge in [0.2, 0.25) is 39.4 Å². The van der Waals surface area contributed by atoms with Crippen molar-refractivity contribution < 1.29 is 14.4 Å². The van der Waals surface area contributed by atoms with Crippen molar-refractivity contribution >= 4 is 64.0 Å². The maximum absolute atomic E-state index is 11.0. The lowest BCUT2D eigenvalue weighted by Crippen LogP contribution is -2.46. The Morgan fingerprint density at radius 2 is 1.36 bits per heavy atom. The molecule has 33 heavy (non-hydrogen) atoms. The highest BCUT2D eigenvalue weighted by molar-refractivity contribution is 6.31. The molecule has 4 rings (SSSR count). The highest BCUT2D eigenvalue weighted by Crippen LogP contribution is 2.31. The van der Waals surface area contributed by atoms with Gasteiger partial charge >= 0.3 is 0 Å². The maximum Gasteiger partial charge on any atom is 0.269 e. The molecule has 0 aliphatic carbocycles. The summed E-state index contributed by atoms with van der Waals surface area (Å²) in [6.07, 6.45) is -1.72. The van der Waals surface area contributed by atoms with Gasteiger partial charge in [0.15, 0.2) is 0 Å². The summed E-state index contributed by atoms with van der Waals surface area (Å²) in [4.78, 5) is 33.6. The zero-order valence-electron chi connectivity index (χ0n) is 16.0. The molecule has 3 aromatic rings. The molecule has 0 spiro atoms. The minimum Gasteiger partial charge on any atom is -0.346 e. The van der Waals surface area contributed by atoms with Gasteiger partial charge in [0.25, 0.3) is 5.69 Å². The van der Waals surface area contributed by atoms with E-state index >= 15 is 0 Å². The first kappa shape index (κ1) is 23.5. The predicted molar refractivity (Wildman–Crippen MR) is 117 cm³/mol. The molecule has 3 heterocycles. The smallest absolute Gasteiger partial charge is 0.269 e. The molecule has 2 N–H and O–H groups in total. The molecule has 0 unspecified atom stereocenters. The van der Waals surface area contributed by atoms with Crippen LogP contribution in [0.1, 0.15) is 11.7 Å². The molecule has 1 aromatic carbocycles. The van der Waals surface area contributed by atoms with E-state index in [1.807, 2.05) is 0 Å². The van der Waals surface area contributed by atoms with Crippen LogP contribution < -0.4 is 10.6 Å². The van der Waals surface area contributed by atoms with E-state index in [4.69, 9.17) is 55.9 Å². The topological polar surface area (TPSA) is 163 Å². The molecule has 172 valence electrons. The van der Waals surface area contributed by atoms with Gasteiger partial charge in [-0.25, -0.2) is 0 Å². The highest BCUT2D eigenvalue weighted by atomic mass is 35.5. The summed E-state index contributed by atoms with van der Waals surface area (Å²) in [6.45, 7) is 0.0762. The molecular weight excluding hydrogens is 524 g/mol. The highest BCUT2D eigenvalue weighted by Gasteiger charge is 2.35. The van der Waals surface area contributed by atoms with Gasteiger partial charge < -0.3 is 20.1 Å². The minimum absolute atomic E-state index is 0.0230. The summed E-state index contributed by atoms with van der Waals surface area (Å²) in [5.74, 6) is 0.112. The van der Waals surface area contributed by atoms with E-state index in [0.717, 1.165) is 0 Å². The fourth-order valence-electron chi connectivity index (χ4n) is 2.89. The molecule has 1 aliphatic heterocycles. The lowest BCUT2D eigenvalue weighted by Gasteiger charge is -2.37. The Bertz CT molecular complexity index is 1130. The molecular formula is C16H11Cl4N9O4. The van der Waals surface area contributed by atoms with Crippen molar-refractivity contribution in [2.24, 2.45) is 0 Å². The third-order valence-corrected chi connectivity index (χ3v) is 4.89. The van der Waals surface area contributed by atoms with Crippen LogP contribution in [0.25, 0.3) is 0 Å². The number of ether oxygens (including phenoxy) is 2. The third kappa shape index (κ3) is 6.01. The molecule has 0 radical (unpaired) electrons. The van der Waals surface area contributed by atoms with Crippen LogP contribution in [0, 0.1) is 10.1 Å². The Balaban J connectivity index is 1.58. The number of rotatable bonds is 6. The Morgan fingerprint density at radius 1 is 0.848 bits per heavy atom. The first-order chi connectivity index (χ1) is 15.8. The second-order valence-corrected chi connectivity index (χ2v) is 7.71. The molecule has 1 saturated heterocycles. The van der Waals surface area contributed by atoms with Gasteiger partial charge in [-0.1, -0.05) is 0 Å². The summed E-state index contributed by atoms with van der Waals surface area (Å²) in [6, 6.07) is 5.28. The van der Waals surface area contributed by atoms with Crippen LogP contribution in [0.2, 0.25) is 21.1 Å². The molecule has 0 saturated carbocycles. The van der Waals surface area contributed by atoms with Crippen molar-refractivity contribution in [2.75, 3.05) is 17.2 Å². The van der Waals surface area contributed by atoms with E-state index in [9.17, 15) is 10.1 Å². The number of nitrogens with zero attached hydrogens (tertiary/aromatic N) is 7. The zero-order valence-corrected chi connectivity index (χ0v) is 19.0. The van der Waals surface area contributed by atoms with Crippen molar-refractivity contribution in [1.82, 2.24) is 29.9 Å². The molecule has 0 bridgehead atoms. The van der Waals surface area contributed by atoms with E-state index in [1.54, 1.807) is 12.1 Å². The summed E-state index contributed by atoms with van der Waals surface area (Å²) < 4.78 is 11.7. The first-order valence-electron chi connectivity index (χ1n) is 8.95. The standard InChI is InChI=1S/C16H11Cl4N9O4/c17-10-22-11(18)25-14(24-10)21-8-5-32-16(28-15-26-12(19)23-13(20)27-15)33-9(8)6-1-3-7(4-2-6)29(30)31/h1-4,8-9,16H,5H2,(H,21,22,24,25)(H,23,26,27,28)/t8-,9-,16+/m0/s1. The Labute approximate surface area is 205 Å². The van der Waals surface area contributed by atoms with E-state index < -0.39 is 23.5 Å². The van der Waals surface area contributed by atoms with E-state index in [-0.39, 0.29) is 45.3 Å². The van der Waals surface area contributed by atoms with Crippen LogP contribution in [-0.2, 0) is 9.47 Å². The van der Waals surface area contributed by atoms with Crippen molar-refractivity contribution in [1.29, 1.82) is 0 Å². The first-order valence-corrected chi connectivity index (χ1v) is 10.5. The van der Waals surface area contributed by atoms with Crippen LogP contribution >= 0.6 is 46.4 Å². The number of hydrogen-bond acceptors (Lipinski definition) is 12. The van der Waals surface area contributed by atoms with Gasteiger partial charge in [0, 0.05) is 12.1 Å². The number of aromatic nitrogens is 6. The summed E-state index contributed by atoms with van der Waals surface area (Å²) in [5.41, 5.74) is 0.529. The summed E-state index contributed by atoms with van der Waals surface area (Å²) in [5, 5.41) is 16.4. The van der Waals surface area contributed by atoms with Crippen molar-refractivity contribution in [3.05, 3.63) is 61.1 Å². The number of nitro groups is 1. The molecule has 1 fully saturated rings. The van der Waals surface area contributed by atoms with Crippen molar-refractivity contribution in [2.45, 2.75) is 18.6 Å². The normalized spacial score (nSPS) is 20.3. The van der Waals surface area contributed by atoms with E-state index in [2.05, 4.69) is 40.5 Å². The second kappa shape index (κ2) is 10.1. The molecule has 2 aromatic heterocycles. The molecule has 0 amide bonds. The average Bonchev–Trinajstić information content (AvgIpc) is 2.73. The Kier molecular flexibility index (Phi) is 7.17. The van der Waals surface area contributed by atoms with Crippen LogP contribution in [0.15, 0.2) is 24.3 Å². The number of nitro benzene ring substituents is 1. The lowest BCUT2D eigenvalue weighted by molar-refractivity contribution is -0.384. The number of hydrogen-bond donors (Lipinski definition) is 2. The van der Waals surface area contributed by atoms with Gasteiger partial charge in [-0.2, -0.15) is 29.9 Å². The van der Waals surface area contributed by atoms with E-state index in [1.165, 1.54) is 12.1 Å². The predicted octanol–water partition coefficient (Wildman–Crippen LogP) is 3.54. The zero-order chi connectivity index (χ0) is 23.5. The lowest BCUT2D eigenvalue weighted by atomic mass is 10.0. The van der Waals surface area contributed by atoms with Crippen molar-refractivity contribution in [3.8, 4) is 0 Å². The number of halogens is 4. The van der Waals surface area contributed by atoms with Gasteiger partial charge in [-0.15, -0.1) is 0 Å². The monoisotopic (exact) mass is 533 g/mol. The minimum atomic E-state index is -1.02. The summed E-state index contributed by atoms with van der Waals surface area (Å²) in [7, 11) is 0. The van der Waals surface area contributed by atoms with Crippen LogP contribution in [0.5, 0.6) is 0 Å². The van der Waals surface area contributed by atoms with Gasteiger partial charge in [-0.3, -0.25) is 10.1 Å². The fourth-order valence-corrected chi connectivity index (χ4v) is 3.61. The SMILES string of the molecule is O=[N+]([O-])c1ccc([C@@H]2O[C@H](Nc3nc(Cl)nc(Cl)n3)OC[C@@H]2Nc2nc(Cl)nc(Cl)n2)cc1. The summed E-state index contributed by atoms with van der Waals surface area (Å²) >= 11 is 23.3. The van der Waals surface area contributed by atoms with Crippen molar-refractivity contribution in [3.63, 3.8) is 0 Å². The van der Waals surface area contributed by atoms with Crippen LogP contribution in [-0.4, -0.2) is 53.9 Å². The molecule has 17 heteroatoms. The van der Waals surface area contributed by atoms with Crippen LogP contribution in [0.4, 0.5) is 17.6 Å². The van der Waals surface area contributed by atoms with Gasteiger partial charge in [0.1, 0.15) is 6.10 Å². The largest absolute Gasteiger partial charge is 0.346 e. The second-order valence-electron chi connectivity index (χ2n) is 6.36. The number of anilines is 2. The molecule has 13 nitrogen and oxygen atoms in total. The van der Waals surface area contributed by atoms with Crippen LogP contribution in [0.3, 0.4) is 0 Å². The quantitative estimate of drug-likeness (QED) is 0.349. The Morgan fingerprint density at radius 3 is 1.88 bits per heavy atom.